The van der Waals surface area contributed by atoms with Crippen molar-refractivity contribution >= 4 is 11.8 Å². The van der Waals surface area contributed by atoms with E-state index in [9.17, 15) is 0 Å². The van der Waals surface area contributed by atoms with Crippen molar-refractivity contribution in [2.45, 2.75) is 31.2 Å². The zero-order chi connectivity index (χ0) is 12.3. The van der Waals surface area contributed by atoms with Crippen molar-refractivity contribution in [2.75, 3.05) is 0 Å². The van der Waals surface area contributed by atoms with Crippen LogP contribution < -0.4 is 0 Å². The Balaban J connectivity index is 1.91. The second-order valence-electron chi connectivity index (χ2n) is 4.22. The fourth-order valence-electron chi connectivity index (χ4n) is 1.31. The molecule has 7 heteroatoms. The zero-order valence-electron chi connectivity index (χ0n) is 10.1. The Morgan fingerprint density at radius 3 is 2.94 bits per heavy atom. The number of hydrogen-bond acceptors (Lipinski definition) is 6. The van der Waals surface area contributed by atoms with Gasteiger partial charge in [-0.2, -0.15) is 4.98 Å². The van der Waals surface area contributed by atoms with Crippen LogP contribution in [-0.2, 0) is 19.2 Å². The van der Waals surface area contributed by atoms with Gasteiger partial charge in [-0.05, 0) is 5.92 Å². The number of aryl methyl sites for hydroxylation is 1. The Hall–Kier alpha value is -1.37. The van der Waals surface area contributed by atoms with Crippen molar-refractivity contribution in [3.8, 4) is 0 Å². The van der Waals surface area contributed by atoms with Crippen LogP contribution in [0.2, 0.25) is 0 Å². The summed E-state index contributed by atoms with van der Waals surface area (Å²) in [6, 6.07) is 0. The van der Waals surface area contributed by atoms with E-state index in [1.54, 1.807) is 18.1 Å². The highest BCUT2D eigenvalue weighted by Gasteiger charge is 2.10. The maximum Gasteiger partial charge on any atom is 0.226 e. The highest BCUT2D eigenvalue weighted by Crippen LogP contribution is 2.18. The van der Waals surface area contributed by atoms with Crippen molar-refractivity contribution in [3.63, 3.8) is 0 Å². The molecule has 2 rings (SSSR count). The van der Waals surface area contributed by atoms with Gasteiger partial charge in [0, 0.05) is 13.5 Å². The SMILES string of the molecule is CC(C)Cc1nc(CSc2nncn2C)no1. The first-order valence-electron chi connectivity index (χ1n) is 5.43. The van der Waals surface area contributed by atoms with Gasteiger partial charge in [0.15, 0.2) is 11.0 Å². The molecule has 6 nitrogen and oxygen atoms in total. The minimum Gasteiger partial charge on any atom is -0.339 e. The molecule has 0 bridgehead atoms. The van der Waals surface area contributed by atoms with Gasteiger partial charge in [-0.15, -0.1) is 10.2 Å². The second kappa shape index (κ2) is 5.31. The third-order valence-electron chi connectivity index (χ3n) is 2.09. The van der Waals surface area contributed by atoms with Crippen LogP contribution in [0.5, 0.6) is 0 Å². The zero-order valence-corrected chi connectivity index (χ0v) is 10.9. The molecule has 2 aromatic heterocycles. The van der Waals surface area contributed by atoms with Crippen LogP contribution in [0, 0.1) is 5.92 Å². The van der Waals surface area contributed by atoms with Crippen LogP contribution in [0.15, 0.2) is 16.0 Å². The molecule has 0 amide bonds. The van der Waals surface area contributed by atoms with Crippen molar-refractivity contribution in [2.24, 2.45) is 13.0 Å². The molecule has 0 fully saturated rings. The molecule has 0 aliphatic heterocycles. The first kappa shape index (κ1) is 12.1. The maximum absolute atomic E-state index is 5.16. The summed E-state index contributed by atoms with van der Waals surface area (Å²) in [6.07, 6.45) is 2.49. The lowest BCUT2D eigenvalue weighted by Gasteiger charge is -1.96. The van der Waals surface area contributed by atoms with Crippen molar-refractivity contribution in [1.82, 2.24) is 24.9 Å². The summed E-state index contributed by atoms with van der Waals surface area (Å²) in [6.45, 7) is 4.25. The summed E-state index contributed by atoms with van der Waals surface area (Å²) in [5.41, 5.74) is 0. The first-order valence-corrected chi connectivity index (χ1v) is 6.42. The third kappa shape index (κ3) is 3.29. The summed E-state index contributed by atoms with van der Waals surface area (Å²) in [4.78, 5) is 4.32. The van der Waals surface area contributed by atoms with Crippen molar-refractivity contribution in [3.05, 3.63) is 18.0 Å². The average molecular weight is 253 g/mol. The quantitative estimate of drug-likeness (QED) is 0.755. The number of hydrogen-bond donors (Lipinski definition) is 0. The van der Waals surface area contributed by atoms with Crippen LogP contribution in [-0.4, -0.2) is 24.9 Å². The minimum absolute atomic E-state index is 0.523. The monoisotopic (exact) mass is 253 g/mol. The number of rotatable bonds is 5. The highest BCUT2D eigenvalue weighted by atomic mass is 32.2. The van der Waals surface area contributed by atoms with E-state index in [2.05, 4.69) is 34.2 Å². The van der Waals surface area contributed by atoms with Gasteiger partial charge in [0.1, 0.15) is 6.33 Å². The Morgan fingerprint density at radius 2 is 2.29 bits per heavy atom. The highest BCUT2D eigenvalue weighted by molar-refractivity contribution is 7.98. The second-order valence-corrected chi connectivity index (χ2v) is 5.16. The van der Waals surface area contributed by atoms with Gasteiger partial charge in [0.2, 0.25) is 5.89 Å². The Bertz CT molecular complexity index is 479. The molecule has 92 valence electrons. The Kier molecular flexibility index (Phi) is 3.78. The van der Waals surface area contributed by atoms with Crippen LogP contribution in [0.4, 0.5) is 0 Å². The molecule has 0 spiro atoms. The van der Waals surface area contributed by atoms with E-state index in [1.807, 2.05) is 11.6 Å². The summed E-state index contributed by atoms with van der Waals surface area (Å²) >= 11 is 1.54. The topological polar surface area (TPSA) is 69.6 Å². The number of thioether (sulfide) groups is 1. The normalized spacial score (nSPS) is 11.3. The summed E-state index contributed by atoms with van der Waals surface area (Å²) in [5.74, 6) is 2.57. The fourth-order valence-corrected chi connectivity index (χ4v) is 2.04. The van der Waals surface area contributed by atoms with E-state index in [4.69, 9.17) is 4.52 Å². The van der Waals surface area contributed by atoms with Crippen LogP contribution in [0.25, 0.3) is 0 Å². The van der Waals surface area contributed by atoms with E-state index in [0.29, 0.717) is 23.4 Å². The molecule has 0 aromatic carbocycles. The van der Waals surface area contributed by atoms with Crippen molar-refractivity contribution in [1.29, 1.82) is 0 Å². The van der Waals surface area contributed by atoms with Crippen LogP contribution in [0.1, 0.15) is 25.6 Å². The fraction of sp³-hybridized carbons (Fsp3) is 0.600. The van der Waals surface area contributed by atoms with Crippen LogP contribution in [0.3, 0.4) is 0 Å². The van der Waals surface area contributed by atoms with E-state index >= 15 is 0 Å². The Labute approximate surface area is 104 Å². The molecule has 0 N–H and O–H groups in total. The standard InChI is InChI=1S/C10H15N5OS/c1-7(2)4-9-12-8(14-16-9)5-17-10-13-11-6-15(10)3/h6-7H,4-5H2,1-3H3. The van der Waals surface area contributed by atoms with Crippen molar-refractivity contribution < 1.29 is 4.52 Å². The average Bonchev–Trinajstić information content (AvgIpc) is 2.84. The van der Waals surface area contributed by atoms with Gasteiger partial charge >= 0.3 is 0 Å². The molecule has 2 heterocycles. The molecule has 17 heavy (non-hydrogen) atoms. The molecule has 0 atom stereocenters. The van der Waals surface area contributed by atoms with Gasteiger partial charge in [-0.1, -0.05) is 30.8 Å². The first-order chi connectivity index (χ1) is 8.15. The van der Waals surface area contributed by atoms with E-state index < -0.39 is 0 Å². The molecule has 2 aromatic rings. The van der Waals surface area contributed by atoms with Gasteiger partial charge in [0.05, 0.1) is 5.75 Å². The Morgan fingerprint density at radius 1 is 1.47 bits per heavy atom. The molecule has 0 aliphatic rings. The summed E-state index contributed by atoms with van der Waals surface area (Å²) in [7, 11) is 1.91. The molecular formula is C10H15N5OS. The predicted molar refractivity (Wildman–Crippen MR) is 63.4 cm³/mol. The largest absolute Gasteiger partial charge is 0.339 e. The van der Waals surface area contributed by atoms with Gasteiger partial charge in [0.25, 0.3) is 0 Å². The minimum atomic E-state index is 0.523. The van der Waals surface area contributed by atoms with E-state index in [0.717, 1.165) is 11.6 Å². The number of aromatic nitrogens is 5. The van der Waals surface area contributed by atoms with Crippen LogP contribution >= 0.6 is 11.8 Å². The lowest BCUT2D eigenvalue weighted by atomic mass is 10.1. The number of nitrogens with zero attached hydrogens (tertiary/aromatic N) is 5. The lowest BCUT2D eigenvalue weighted by molar-refractivity contribution is 0.360. The third-order valence-corrected chi connectivity index (χ3v) is 3.12. The maximum atomic E-state index is 5.16. The molecule has 0 saturated heterocycles. The molecule has 0 unspecified atom stereocenters. The lowest BCUT2D eigenvalue weighted by Crippen LogP contribution is -1.94. The summed E-state index contributed by atoms with van der Waals surface area (Å²) < 4.78 is 7.02. The van der Waals surface area contributed by atoms with E-state index in [-0.39, 0.29) is 0 Å². The smallest absolute Gasteiger partial charge is 0.226 e. The predicted octanol–water partition coefficient (Wildman–Crippen LogP) is 1.69. The molecular weight excluding hydrogens is 238 g/mol. The molecule has 0 saturated carbocycles. The molecule has 0 radical (unpaired) electrons. The van der Waals surface area contributed by atoms with E-state index in [1.165, 1.54) is 0 Å². The van der Waals surface area contributed by atoms with Gasteiger partial charge in [-0.3, -0.25) is 0 Å². The summed E-state index contributed by atoms with van der Waals surface area (Å²) in [5, 5.41) is 12.6. The van der Waals surface area contributed by atoms with Gasteiger partial charge < -0.3 is 9.09 Å². The molecule has 0 aliphatic carbocycles. The van der Waals surface area contributed by atoms with Gasteiger partial charge in [-0.25, -0.2) is 0 Å².